The van der Waals surface area contributed by atoms with Gasteiger partial charge in [0.2, 0.25) is 0 Å². The Bertz CT molecular complexity index is 726. The van der Waals surface area contributed by atoms with Crippen molar-refractivity contribution in [3.8, 4) is 6.07 Å². The van der Waals surface area contributed by atoms with Crippen molar-refractivity contribution < 1.29 is 13.2 Å². The number of nitrogens with zero attached hydrogens (tertiary/aromatic N) is 2. The first-order valence-electron chi connectivity index (χ1n) is 5.42. The summed E-state index contributed by atoms with van der Waals surface area (Å²) < 4.78 is 38.8. The van der Waals surface area contributed by atoms with E-state index in [0.29, 0.717) is 9.92 Å². The molecule has 1 aromatic carbocycles. The summed E-state index contributed by atoms with van der Waals surface area (Å²) in [6, 6.07) is 8.81. The molecule has 108 valence electrons. The number of halogens is 5. The zero-order valence-electron chi connectivity index (χ0n) is 10.1. The molecule has 0 aliphatic heterocycles. The van der Waals surface area contributed by atoms with Crippen LogP contribution in [0.5, 0.6) is 0 Å². The lowest BCUT2D eigenvalue weighted by Crippen LogP contribution is -2.09. The zero-order chi connectivity index (χ0) is 15.6. The molecule has 0 saturated carbocycles. The highest BCUT2D eigenvalue weighted by Gasteiger charge is 2.35. The molecule has 0 N–H and O–H groups in total. The third-order valence-electron chi connectivity index (χ3n) is 2.39. The van der Waals surface area contributed by atoms with Crippen molar-refractivity contribution in [3.05, 3.63) is 51.6 Å². The predicted octanol–water partition coefficient (Wildman–Crippen LogP) is 5.43. The van der Waals surface area contributed by atoms with Crippen molar-refractivity contribution in [3.63, 3.8) is 0 Å². The van der Waals surface area contributed by atoms with Crippen molar-refractivity contribution >= 4 is 35.0 Å². The quantitative estimate of drug-likeness (QED) is 0.679. The maximum Gasteiger partial charge on any atom is 0.417 e. The van der Waals surface area contributed by atoms with Crippen LogP contribution in [0.4, 0.5) is 13.2 Å². The van der Waals surface area contributed by atoms with E-state index >= 15 is 0 Å². The molecule has 1 heterocycles. The third-order valence-corrected chi connectivity index (χ3v) is 3.80. The lowest BCUT2D eigenvalue weighted by molar-refractivity contribution is -0.138. The second-order valence-corrected chi connectivity index (χ2v) is 5.73. The van der Waals surface area contributed by atoms with Crippen molar-refractivity contribution in [2.75, 3.05) is 0 Å². The average Bonchev–Trinajstić information content (AvgIpc) is 2.37. The number of hydrogen-bond acceptors (Lipinski definition) is 3. The van der Waals surface area contributed by atoms with Gasteiger partial charge in [-0.2, -0.15) is 18.4 Å². The second kappa shape index (κ2) is 6.14. The van der Waals surface area contributed by atoms with E-state index < -0.39 is 22.5 Å². The molecule has 0 atom stereocenters. The van der Waals surface area contributed by atoms with Gasteiger partial charge in [0.1, 0.15) is 21.8 Å². The fourth-order valence-corrected chi connectivity index (χ4v) is 2.95. The van der Waals surface area contributed by atoms with Crippen LogP contribution in [0.15, 0.2) is 40.3 Å². The van der Waals surface area contributed by atoms with E-state index in [2.05, 4.69) is 4.98 Å². The predicted molar refractivity (Wildman–Crippen MR) is 74.5 cm³/mol. The van der Waals surface area contributed by atoms with Gasteiger partial charge in [-0.1, -0.05) is 41.0 Å². The first-order chi connectivity index (χ1) is 9.81. The Labute approximate surface area is 132 Å². The molecule has 1 aromatic heterocycles. The maximum absolute atomic E-state index is 12.9. The largest absolute Gasteiger partial charge is 0.417 e. The van der Waals surface area contributed by atoms with E-state index in [1.54, 1.807) is 24.3 Å². The van der Waals surface area contributed by atoms with Crippen LogP contribution in [0.2, 0.25) is 10.2 Å². The summed E-state index contributed by atoms with van der Waals surface area (Å²) in [6.45, 7) is 0. The Kier molecular flexibility index (Phi) is 4.67. The van der Waals surface area contributed by atoms with Crippen LogP contribution in [0.1, 0.15) is 11.1 Å². The number of rotatable bonds is 2. The lowest BCUT2D eigenvalue weighted by Gasteiger charge is -2.11. The minimum Gasteiger partial charge on any atom is -0.228 e. The molecule has 0 aliphatic rings. The average molecular weight is 349 g/mol. The van der Waals surface area contributed by atoms with E-state index in [0.717, 1.165) is 17.8 Å². The maximum atomic E-state index is 12.9. The monoisotopic (exact) mass is 348 g/mol. The summed E-state index contributed by atoms with van der Waals surface area (Å²) in [6.07, 6.45) is -4.68. The molecular formula is C13H5Cl2F3N2S. The first kappa shape index (κ1) is 16.0. The number of alkyl halides is 3. The van der Waals surface area contributed by atoms with Crippen LogP contribution < -0.4 is 0 Å². The smallest absolute Gasteiger partial charge is 0.228 e. The van der Waals surface area contributed by atoms with Gasteiger partial charge < -0.3 is 0 Å². The molecule has 0 saturated heterocycles. The molecule has 0 bridgehead atoms. The van der Waals surface area contributed by atoms with Gasteiger partial charge in [-0.25, -0.2) is 4.98 Å². The lowest BCUT2D eigenvalue weighted by atomic mass is 10.1. The van der Waals surface area contributed by atoms with E-state index in [9.17, 15) is 13.2 Å². The van der Waals surface area contributed by atoms with Crippen LogP contribution in [0, 0.1) is 11.3 Å². The molecule has 0 radical (unpaired) electrons. The van der Waals surface area contributed by atoms with Crippen LogP contribution in [0.25, 0.3) is 0 Å². The fourth-order valence-electron chi connectivity index (χ4n) is 1.53. The van der Waals surface area contributed by atoms with E-state index in [4.69, 9.17) is 28.5 Å². The van der Waals surface area contributed by atoms with Crippen molar-refractivity contribution in [1.82, 2.24) is 4.98 Å². The molecule has 0 fully saturated rings. The van der Waals surface area contributed by atoms with Crippen molar-refractivity contribution in [2.24, 2.45) is 0 Å². The Morgan fingerprint density at radius 2 is 1.90 bits per heavy atom. The Morgan fingerprint density at radius 1 is 1.19 bits per heavy atom. The minimum absolute atomic E-state index is 0.0357. The topological polar surface area (TPSA) is 36.7 Å². The summed E-state index contributed by atoms with van der Waals surface area (Å²) in [4.78, 5) is 4.42. The summed E-state index contributed by atoms with van der Waals surface area (Å²) in [5, 5.41) is 8.80. The second-order valence-electron chi connectivity index (χ2n) is 3.84. The molecular weight excluding hydrogens is 344 g/mol. The Hall–Kier alpha value is -1.42. The van der Waals surface area contributed by atoms with Gasteiger partial charge in [0.15, 0.2) is 0 Å². The zero-order valence-corrected chi connectivity index (χ0v) is 12.4. The van der Waals surface area contributed by atoms with Crippen molar-refractivity contribution in [1.29, 1.82) is 5.26 Å². The minimum atomic E-state index is -4.68. The number of benzene rings is 1. The number of nitriles is 1. The highest BCUT2D eigenvalue weighted by Crippen LogP contribution is 2.38. The van der Waals surface area contributed by atoms with Crippen LogP contribution in [0.3, 0.4) is 0 Å². The van der Waals surface area contributed by atoms with E-state index in [1.165, 1.54) is 6.07 Å². The molecule has 0 aliphatic carbocycles. The SMILES string of the molecule is N#Cc1c(C(F)(F)F)cc(Sc2cccc(Cl)c2)nc1Cl. The third kappa shape index (κ3) is 3.82. The molecule has 2 rings (SSSR count). The molecule has 21 heavy (non-hydrogen) atoms. The van der Waals surface area contributed by atoms with Crippen LogP contribution in [-0.4, -0.2) is 4.98 Å². The van der Waals surface area contributed by atoms with E-state index in [-0.39, 0.29) is 5.03 Å². The first-order valence-corrected chi connectivity index (χ1v) is 7.00. The van der Waals surface area contributed by atoms with Gasteiger partial charge in [-0.3, -0.25) is 0 Å². The Balaban J connectivity index is 2.47. The summed E-state index contributed by atoms with van der Waals surface area (Å²) in [7, 11) is 0. The highest BCUT2D eigenvalue weighted by molar-refractivity contribution is 7.99. The number of aromatic nitrogens is 1. The van der Waals surface area contributed by atoms with Crippen LogP contribution >= 0.6 is 35.0 Å². The van der Waals surface area contributed by atoms with Gasteiger partial charge in [-0.15, -0.1) is 0 Å². The highest BCUT2D eigenvalue weighted by atomic mass is 35.5. The summed E-state index contributed by atoms with van der Waals surface area (Å²) in [5.41, 5.74) is -1.78. The standard InChI is InChI=1S/C13H5Cl2F3N2S/c14-7-2-1-3-8(4-7)21-11-5-10(13(16,17)18)9(6-19)12(15)20-11/h1-5H. The molecule has 8 heteroatoms. The van der Waals surface area contributed by atoms with Gasteiger partial charge in [0, 0.05) is 9.92 Å². The number of hydrogen-bond donors (Lipinski definition) is 0. The summed E-state index contributed by atoms with van der Waals surface area (Å²) in [5.74, 6) is 0. The van der Waals surface area contributed by atoms with E-state index in [1.807, 2.05) is 0 Å². The fraction of sp³-hybridized carbons (Fsp3) is 0.0769. The van der Waals surface area contributed by atoms with Gasteiger partial charge in [-0.05, 0) is 24.3 Å². The Morgan fingerprint density at radius 3 is 2.48 bits per heavy atom. The molecule has 2 nitrogen and oxygen atoms in total. The molecule has 0 amide bonds. The molecule has 2 aromatic rings. The van der Waals surface area contributed by atoms with Gasteiger partial charge in [0.25, 0.3) is 0 Å². The normalized spacial score (nSPS) is 11.2. The van der Waals surface area contributed by atoms with Gasteiger partial charge in [0.05, 0.1) is 5.56 Å². The van der Waals surface area contributed by atoms with Crippen LogP contribution in [-0.2, 0) is 6.18 Å². The van der Waals surface area contributed by atoms with Gasteiger partial charge >= 0.3 is 6.18 Å². The summed E-state index contributed by atoms with van der Waals surface area (Å²) >= 11 is 12.5. The number of pyridine rings is 1. The molecule has 0 unspecified atom stereocenters. The van der Waals surface area contributed by atoms with Crippen molar-refractivity contribution in [2.45, 2.75) is 16.1 Å². The molecule has 0 spiro atoms.